The Kier molecular flexibility index (Phi) is 6.23. The number of alkyl carbamates (subject to hydrolysis) is 1. The number of benzene rings is 2. The van der Waals surface area contributed by atoms with E-state index < -0.39 is 23.8 Å². The monoisotopic (exact) mass is 397 g/mol. The maximum Gasteiger partial charge on any atom is 0.407 e. The topological polar surface area (TPSA) is 84.9 Å². The van der Waals surface area contributed by atoms with Crippen LogP contribution >= 0.6 is 0 Å². The molecule has 154 valence electrons. The van der Waals surface area contributed by atoms with Crippen LogP contribution in [0.2, 0.25) is 0 Å². The molecule has 2 aromatic carbocycles. The summed E-state index contributed by atoms with van der Waals surface area (Å²) in [5.41, 5.74) is 4.10. The molecule has 1 atom stereocenters. The third kappa shape index (κ3) is 5.35. The number of carbonyl (C=O) groups excluding carboxylic acids is 1. The van der Waals surface area contributed by atoms with Crippen molar-refractivity contribution >= 4 is 12.1 Å². The van der Waals surface area contributed by atoms with Crippen molar-refractivity contribution in [3.05, 3.63) is 59.7 Å². The predicted molar refractivity (Wildman–Crippen MR) is 110 cm³/mol. The first-order valence-corrected chi connectivity index (χ1v) is 9.73. The second-order valence-electron chi connectivity index (χ2n) is 8.16. The molecule has 2 N–H and O–H groups in total. The van der Waals surface area contributed by atoms with Gasteiger partial charge < -0.3 is 19.9 Å². The highest BCUT2D eigenvalue weighted by Gasteiger charge is 2.29. The number of carboxylic acids is 1. The summed E-state index contributed by atoms with van der Waals surface area (Å²) in [5, 5.41) is 11.7. The van der Waals surface area contributed by atoms with E-state index in [9.17, 15) is 9.59 Å². The van der Waals surface area contributed by atoms with Crippen molar-refractivity contribution in [2.75, 3.05) is 13.2 Å². The quantitative estimate of drug-likeness (QED) is 0.732. The van der Waals surface area contributed by atoms with Gasteiger partial charge in [0.1, 0.15) is 6.61 Å². The van der Waals surface area contributed by atoms with Crippen molar-refractivity contribution in [3.63, 3.8) is 0 Å². The zero-order valence-corrected chi connectivity index (χ0v) is 17.0. The fourth-order valence-corrected chi connectivity index (χ4v) is 3.70. The van der Waals surface area contributed by atoms with Gasteiger partial charge in [0.2, 0.25) is 0 Å². The number of carbonyl (C=O) groups is 2. The van der Waals surface area contributed by atoms with Gasteiger partial charge in [0, 0.05) is 12.5 Å². The van der Waals surface area contributed by atoms with Crippen LogP contribution < -0.4 is 5.32 Å². The number of carboxylic acid groups (broad SMARTS) is 1. The van der Waals surface area contributed by atoms with Crippen LogP contribution in [0.4, 0.5) is 4.79 Å². The third-order valence-electron chi connectivity index (χ3n) is 4.74. The minimum Gasteiger partial charge on any atom is -0.481 e. The molecule has 0 unspecified atom stereocenters. The van der Waals surface area contributed by atoms with Gasteiger partial charge in [0.05, 0.1) is 18.1 Å². The number of amides is 1. The molecule has 0 bridgehead atoms. The standard InChI is InChI=1S/C23H27NO5/c1-23(2,3)29-15(12-21(25)26)13-24-22(27)28-14-20-18-10-6-4-8-16(18)17-9-5-7-11-19(17)20/h4-11,15,20H,12-14H2,1-3H3,(H,24,27)(H,25,26)/t15-/m1/s1. The van der Waals surface area contributed by atoms with Gasteiger partial charge in [-0.15, -0.1) is 0 Å². The number of rotatable bonds is 7. The predicted octanol–water partition coefficient (Wildman–Crippen LogP) is 4.18. The van der Waals surface area contributed by atoms with Gasteiger partial charge >= 0.3 is 12.1 Å². The number of hydrogen-bond acceptors (Lipinski definition) is 4. The Hall–Kier alpha value is -2.86. The van der Waals surface area contributed by atoms with Crippen LogP contribution in [0.5, 0.6) is 0 Å². The molecule has 0 fully saturated rings. The van der Waals surface area contributed by atoms with E-state index in [1.54, 1.807) is 0 Å². The Labute approximate surface area is 170 Å². The number of aliphatic carboxylic acids is 1. The van der Waals surface area contributed by atoms with E-state index in [0.717, 1.165) is 22.3 Å². The Morgan fingerprint density at radius 3 is 2.10 bits per heavy atom. The minimum atomic E-state index is -0.978. The van der Waals surface area contributed by atoms with Gasteiger partial charge in [-0.25, -0.2) is 4.79 Å². The van der Waals surface area contributed by atoms with Gasteiger partial charge in [-0.2, -0.15) is 0 Å². The zero-order valence-electron chi connectivity index (χ0n) is 17.0. The first-order chi connectivity index (χ1) is 13.7. The Bertz CT molecular complexity index is 841. The van der Waals surface area contributed by atoms with Crippen LogP contribution in [0, 0.1) is 0 Å². The summed E-state index contributed by atoms with van der Waals surface area (Å²) >= 11 is 0. The maximum absolute atomic E-state index is 12.2. The van der Waals surface area contributed by atoms with Crippen molar-refractivity contribution in [2.24, 2.45) is 0 Å². The molecule has 1 aliphatic rings. The fraction of sp³-hybridized carbons (Fsp3) is 0.391. The molecule has 0 saturated carbocycles. The van der Waals surface area contributed by atoms with Crippen molar-refractivity contribution in [2.45, 2.75) is 44.8 Å². The number of ether oxygens (including phenoxy) is 2. The molecule has 1 amide bonds. The van der Waals surface area contributed by atoms with Gasteiger partial charge in [0.25, 0.3) is 0 Å². The lowest BCUT2D eigenvalue weighted by molar-refractivity contribution is -0.143. The van der Waals surface area contributed by atoms with Crippen LogP contribution in [0.3, 0.4) is 0 Å². The van der Waals surface area contributed by atoms with Gasteiger partial charge in [-0.1, -0.05) is 48.5 Å². The van der Waals surface area contributed by atoms with Crippen LogP contribution in [0.1, 0.15) is 44.2 Å². The second kappa shape index (κ2) is 8.66. The lowest BCUT2D eigenvalue weighted by Crippen LogP contribution is -2.39. The van der Waals surface area contributed by atoms with E-state index in [4.69, 9.17) is 14.6 Å². The number of nitrogens with one attached hydrogen (secondary N) is 1. The van der Waals surface area contributed by atoms with E-state index in [1.165, 1.54) is 0 Å². The lowest BCUT2D eigenvalue weighted by atomic mass is 9.98. The minimum absolute atomic E-state index is 0.0196. The van der Waals surface area contributed by atoms with Gasteiger partial charge in [0.15, 0.2) is 0 Å². The highest BCUT2D eigenvalue weighted by molar-refractivity contribution is 5.79. The summed E-state index contributed by atoms with van der Waals surface area (Å²) in [6, 6.07) is 16.2. The molecular formula is C23H27NO5. The van der Waals surface area contributed by atoms with E-state index >= 15 is 0 Å². The van der Waals surface area contributed by atoms with E-state index in [2.05, 4.69) is 29.6 Å². The van der Waals surface area contributed by atoms with Crippen LogP contribution in [-0.2, 0) is 14.3 Å². The lowest BCUT2D eigenvalue weighted by Gasteiger charge is -2.26. The summed E-state index contributed by atoms with van der Waals surface area (Å²) in [4.78, 5) is 23.3. The highest BCUT2D eigenvalue weighted by Crippen LogP contribution is 2.44. The molecule has 6 nitrogen and oxygen atoms in total. The average molecular weight is 397 g/mol. The van der Waals surface area contributed by atoms with Gasteiger partial charge in [-0.3, -0.25) is 4.79 Å². The SMILES string of the molecule is CC(C)(C)O[C@@H](CNC(=O)OCC1c2ccccc2-c2ccccc21)CC(=O)O. The normalized spacial score (nSPS) is 14.0. The van der Waals surface area contributed by atoms with Crippen LogP contribution in [-0.4, -0.2) is 42.0 Å². The van der Waals surface area contributed by atoms with Gasteiger partial charge in [-0.05, 0) is 43.0 Å². The first kappa shape index (κ1) is 20.9. The fourth-order valence-electron chi connectivity index (χ4n) is 3.70. The molecule has 0 radical (unpaired) electrons. The van der Waals surface area contributed by atoms with Crippen LogP contribution in [0.25, 0.3) is 11.1 Å². The Morgan fingerprint density at radius 1 is 1.03 bits per heavy atom. The first-order valence-electron chi connectivity index (χ1n) is 9.73. The van der Waals surface area contributed by atoms with Crippen molar-refractivity contribution in [3.8, 4) is 11.1 Å². The summed E-state index contributed by atoms with van der Waals surface area (Å²) in [6.07, 6.45) is -1.41. The molecule has 6 heteroatoms. The maximum atomic E-state index is 12.2. The Morgan fingerprint density at radius 2 is 1.59 bits per heavy atom. The average Bonchev–Trinajstić information content (AvgIpc) is 2.97. The zero-order chi connectivity index (χ0) is 21.0. The smallest absolute Gasteiger partial charge is 0.407 e. The molecule has 0 saturated heterocycles. The molecule has 0 heterocycles. The molecule has 29 heavy (non-hydrogen) atoms. The molecule has 0 spiro atoms. The summed E-state index contributed by atoms with van der Waals surface area (Å²) in [7, 11) is 0. The van der Waals surface area contributed by atoms with Crippen LogP contribution in [0.15, 0.2) is 48.5 Å². The molecule has 2 aromatic rings. The Balaban J connectivity index is 1.60. The van der Waals surface area contributed by atoms with Crippen molar-refractivity contribution in [1.82, 2.24) is 5.32 Å². The molecule has 0 aromatic heterocycles. The molecule has 3 rings (SSSR count). The number of hydrogen-bond donors (Lipinski definition) is 2. The van der Waals surface area contributed by atoms with Crippen molar-refractivity contribution < 1.29 is 24.2 Å². The third-order valence-corrected chi connectivity index (χ3v) is 4.74. The summed E-state index contributed by atoms with van der Waals surface area (Å²) < 4.78 is 11.2. The van der Waals surface area contributed by atoms with E-state index in [0.29, 0.717) is 0 Å². The number of fused-ring (bicyclic) bond motifs is 3. The van der Waals surface area contributed by atoms with Crippen molar-refractivity contribution in [1.29, 1.82) is 0 Å². The molecule has 0 aliphatic heterocycles. The largest absolute Gasteiger partial charge is 0.481 e. The highest BCUT2D eigenvalue weighted by atomic mass is 16.5. The van der Waals surface area contributed by atoms with E-state index in [-0.39, 0.29) is 25.5 Å². The van der Waals surface area contributed by atoms with E-state index in [1.807, 2.05) is 45.0 Å². The molecular weight excluding hydrogens is 370 g/mol. The second-order valence-corrected chi connectivity index (χ2v) is 8.16. The summed E-state index contributed by atoms with van der Waals surface area (Å²) in [6.45, 7) is 5.81. The summed E-state index contributed by atoms with van der Waals surface area (Å²) in [5.74, 6) is -0.998. The molecule has 1 aliphatic carbocycles.